The molecule has 1 aromatic carbocycles. The highest BCUT2D eigenvalue weighted by molar-refractivity contribution is 7.10. The number of aryl methyl sites for hydroxylation is 2. The molecule has 0 amide bonds. The molecule has 1 unspecified atom stereocenters. The second-order valence-electron chi connectivity index (χ2n) is 7.24. The molecule has 2 aliphatic rings. The predicted octanol–water partition coefficient (Wildman–Crippen LogP) is 5.48. The van der Waals surface area contributed by atoms with E-state index in [9.17, 15) is 4.79 Å². The van der Waals surface area contributed by atoms with E-state index in [1.807, 2.05) is 6.92 Å². The summed E-state index contributed by atoms with van der Waals surface area (Å²) in [5.41, 5.74) is 7.68. The minimum atomic E-state index is 0.0160. The number of Topliss-reactive ketones (excluding diaryl/α,β-unsaturated/α-hetero) is 1. The molecule has 0 fully saturated rings. The molecule has 1 aliphatic heterocycles. The highest BCUT2D eigenvalue weighted by Crippen LogP contribution is 2.49. The first-order valence-electron chi connectivity index (χ1n) is 9.11. The van der Waals surface area contributed by atoms with Crippen LogP contribution in [0.5, 0.6) is 0 Å². The van der Waals surface area contributed by atoms with Gasteiger partial charge in [-0.2, -0.15) is 0 Å². The predicted molar refractivity (Wildman–Crippen MR) is 107 cm³/mol. The van der Waals surface area contributed by atoms with Crippen LogP contribution in [0.2, 0.25) is 0 Å². The molecule has 1 atom stereocenters. The molecule has 0 saturated heterocycles. The van der Waals surface area contributed by atoms with Crippen molar-refractivity contribution in [2.75, 3.05) is 5.32 Å². The molecule has 3 aromatic rings. The largest absolute Gasteiger partial charge is 0.358 e. The minimum Gasteiger partial charge on any atom is -0.358 e. The number of thiophene rings is 1. The summed E-state index contributed by atoms with van der Waals surface area (Å²) in [5.74, 6) is 0.307. The highest BCUT2D eigenvalue weighted by atomic mass is 32.1. The maximum Gasteiger partial charge on any atom is 0.161 e. The normalized spacial score (nSPS) is 19.3. The van der Waals surface area contributed by atoms with Gasteiger partial charge in [-0.1, -0.05) is 6.07 Å². The molecule has 4 heteroatoms. The number of nitrogens with one attached hydrogen (secondary N) is 1. The van der Waals surface area contributed by atoms with E-state index in [0.29, 0.717) is 12.2 Å². The molecule has 130 valence electrons. The summed E-state index contributed by atoms with van der Waals surface area (Å²) in [7, 11) is 0. The van der Waals surface area contributed by atoms with Crippen molar-refractivity contribution in [3.63, 3.8) is 0 Å². The van der Waals surface area contributed by atoms with Crippen molar-refractivity contribution >= 4 is 33.7 Å². The fraction of sp³-hybridized carbons (Fsp3) is 0.273. The van der Waals surface area contributed by atoms with Gasteiger partial charge in [-0.05, 0) is 67.5 Å². The summed E-state index contributed by atoms with van der Waals surface area (Å²) < 4.78 is 0. The summed E-state index contributed by atoms with van der Waals surface area (Å²) >= 11 is 1.75. The Morgan fingerprint density at radius 1 is 1.12 bits per heavy atom. The lowest BCUT2D eigenvalue weighted by Crippen LogP contribution is -2.27. The van der Waals surface area contributed by atoms with Crippen LogP contribution >= 0.6 is 11.3 Å². The van der Waals surface area contributed by atoms with E-state index in [0.717, 1.165) is 46.4 Å². The maximum absolute atomic E-state index is 12.9. The van der Waals surface area contributed by atoms with Gasteiger partial charge in [-0.25, -0.2) is 0 Å². The van der Waals surface area contributed by atoms with Crippen LogP contribution in [0.25, 0.3) is 10.9 Å². The van der Waals surface area contributed by atoms with Gasteiger partial charge < -0.3 is 5.32 Å². The number of nitrogens with zero attached hydrogens (tertiary/aromatic N) is 1. The van der Waals surface area contributed by atoms with Gasteiger partial charge in [0.1, 0.15) is 0 Å². The first-order valence-corrected chi connectivity index (χ1v) is 9.99. The van der Waals surface area contributed by atoms with E-state index in [2.05, 4.69) is 48.0 Å². The van der Waals surface area contributed by atoms with Crippen LogP contribution in [-0.4, -0.2) is 10.8 Å². The summed E-state index contributed by atoms with van der Waals surface area (Å²) in [6.07, 6.45) is 2.54. The Morgan fingerprint density at radius 2 is 2.00 bits per heavy atom. The number of fused-ring (bicyclic) bond motifs is 3. The lowest BCUT2D eigenvalue weighted by Gasteiger charge is -2.34. The molecule has 1 aliphatic carbocycles. The number of carbonyl (C=O) groups is 1. The summed E-state index contributed by atoms with van der Waals surface area (Å²) in [4.78, 5) is 18.9. The number of hydrogen-bond acceptors (Lipinski definition) is 4. The SMILES string of the molecule is Cc1ccc2c3c(ccc2n1)NC1=C(C(=O)CCC1)C3c1sccc1C. The van der Waals surface area contributed by atoms with Crippen molar-refractivity contribution in [3.8, 4) is 0 Å². The Hall–Kier alpha value is -2.46. The number of ketones is 1. The van der Waals surface area contributed by atoms with Gasteiger partial charge >= 0.3 is 0 Å². The fourth-order valence-corrected chi connectivity index (χ4v) is 5.37. The Labute approximate surface area is 156 Å². The Balaban J connectivity index is 1.85. The highest BCUT2D eigenvalue weighted by Gasteiger charge is 2.37. The summed E-state index contributed by atoms with van der Waals surface area (Å²) in [5, 5.41) is 6.86. The number of allylic oxidation sites excluding steroid dienone is 2. The van der Waals surface area contributed by atoms with Crippen molar-refractivity contribution in [1.82, 2.24) is 4.98 Å². The van der Waals surface area contributed by atoms with Crippen LogP contribution in [0.15, 0.2) is 47.0 Å². The van der Waals surface area contributed by atoms with E-state index in [4.69, 9.17) is 4.98 Å². The number of benzene rings is 1. The molecule has 0 spiro atoms. The average molecular weight is 360 g/mol. The monoisotopic (exact) mass is 360 g/mol. The minimum absolute atomic E-state index is 0.0160. The first-order chi connectivity index (χ1) is 12.6. The third-order valence-electron chi connectivity index (χ3n) is 5.54. The zero-order chi connectivity index (χ0) is 17.8. The topological polar surface area (TPSA) is 42.0 Å². The molecule has 3 nitrogen and oxygen atoms in total. The number of pyridine rings is 1. The van der Waals surface area contributed by atoms with Gasteiger partial charge in [0.2, 0.25) is 0 Å². The number of carbonyl (C=O) groups excluding carboxylic acids is 1. The second-order valence-corrected chi connectivity index (χ2v) is 8.19. The molecular weight excluding hydrogens is 340 g/mol. The third kappa shape index (κ3) is 2.25. The Morgan fingerprint density at radius 3 is 2.81 bits per heavy atom. The second kappa shape index (κ2) is 5.78. The van der Waals surface area contributed by atoms with Crippen molar-refractivity contribution in [3.05, 3.63) is 68.7 Å². The molecule has 2 aromatic heterocycles. The lowest BCUT2D eigenvalue weighted by molar-refractivity contribution is -0.116. The number of aromatic nitrogens is 1. The van der Waals surface area contributed by atoms with E-state index in [-0.39, 0.29) is 5.92 Å². The molecule has 0 bridgehead atoms. The van der Waals surface area contributed by atoms with Crippen LogP contribution in [0.3, 0.4) is 0 Å². The van der Waals surface area contributed by atoms with Gasteiger partial charge in [0.15, 0.2) is 5.78 Å². The van der Waals surface area contributed by atoms with Crippen LogP contribution < -0.4 is 5.32 Å². The van der Waals surface area contributed by atoms with E-state index >= 15 is 0 Å². The van der Waals surface area contributed by atoms with Crippen molar-refractivity contribution in [2.45, 2.75) is 39.0 Å². The fourth-order valence-electron chi connectivity index (χ4n) is 4.33. The standard InChI is InChI=1S/C22H20N2OS/c1-12-10-11-26-22(12)21-19-14-7-6-13(2)23-15(14)8-9-17(19)24-16-4-3-5-18(25)20(16)21/h6-11,21,24H,3-5H2,1-2H3. The van der Waals surface area contributed by atoms with E-state index in [1.165, 1.54) is 16.0 Å². The van der Waals surface area contributed by atoms with Crippen LogP contribution in [0, 0.1) is 13.8 Å². The number of anilines is 1. The van der Waals surface area contributed by atoms with Crippen molar-refractivity contribution in [1.29, 1.82) is 0 Å². The van der Waals surface area contributed by atoms with Gasteiger partial charge in [0.05, 0.1) is 11.4 Å². The molecular formula is C22H20N2OS. The Bertz CT molecular complexity index is 1090. The summed E-state index contributed by atoms with van der Waals surface area (Å²) in [6.45, 7) is 4.16. The zero-order valence-electron chi connectivity index (χ0n) is 14.9. The summed E-state index contributed by atoms with van der Waals surface area (Å²) in [6, 6.07) is 10.6. The Kier molecular flexibility index (Phi) is 3.50. The van der Waals surface area contributed by atoms with Crippen molar-refractivity contribution in [2.24, 2.45) is 0 Å². The third-order valence-corrected chi connectivity index (χ3v) is 6.62. The molecule has 3 heterocycles. The van der Waals surface area contributed by atoms with Gasteiger partial charge in [-0.3, -0.25) is 9.78 Å². The van der Waals surface area contributed by atoms with E-state index in [1.54, 1.807) is 11.3 Å². The number of rotatable bonds is 1. The van der Waals surface area contributed by atoms with E-state index < -0.39 is 0 Å². The molecule has 0 radical (unpaired) electrons. The molecule has 0 saturated carbocycles. The van der Waals surface area contributed by atoms with Gasteiger partial charge in [0, 0.05) is 39.3 Å². The van der Waals surface area contributed by atoms with Crippen LogP contribution in [-0.2, 0) is 4.79 Å². The molecule has 26 heavy (non-hydrogen) atoms. The molecule has 1 N–H and O–H groups in total. The quantitative estimate of drug-likeness (QED) is 0.625. The molecule has 5 rings (SSSR count). The van der Waals surface area contributed by atoms with Gasteiger partial charge in [-0.15, -0.1) is 11.3 Å². The number of hydrogen-bond donors (Lipinski definition) is 1. The van der Waals surface area contributed by atoms with Gasteiger partial charge in [0.25, 0.3) is 0 Å². The lowest BCUT2D eigenvalue weighted by atomic mass is 9.76. The van der Waals surface area contributed by atoms with Crippen molar-refractivity contribution < 1.29 is 4.79 Å². The van der Waals surface area contributed by atoms with Crippen LogP contribution in [0.4, 0.5) is 5.69 Å². The smallest absolute Gasteiger partial charge is 0.161 e. The first kappa shape index (κ1) is 15.8. The maximum atomic E-state index is 12.9. The zero-order valence-corrected chi connectivity index (χ0v) is 15.7. The van der Waals surface area contributed by atoms with Crippen LogP contribution in [0.1, 0.15) is 46.9 Å². The average Bonchev–Trinajstić information content (AvgIpc) is 3.05.